The van der Waals surface area contributed by atoms with Crippen LogP contribution in [0.1, 0.15) is 29.6 Å². The van der Waals surface area contributed by atoms with Gasteiger partial charge < -0.3 is 24.8 Å². The Hall–Kier alpha value is -4.08. The molecule has 0 radical (unpaired) electrons. The van der Waals surface area contributed by atoms with Gasteiger partial charge in [0.1, 0.15) is 11.5 Å². The third-order valence-electron chi connectivity index (χ3n) is 5.00. The molecule has 3 rings (SSSR count). The molecule has 0 aromatic heterocycles. The SMILES string of the molecule is COC(=O)c1ccc(NC(=O)COC(=O)CCCC(=O)Nc2ccc(Oc3ccc(Cl)cc3Cl)cc2)cc1. The predicted molar refractivity (Wildman–Crippen MR) is 143 cm³/mol. The van der Waals surface area contributed by atoms with Crippen molar-refractivity contribution in [1.82, 2.24) is 0 Å². The minimum absolute atomic E-state index is 0.0246. The number of anilines is 2. The Bertz CT molecular complexity index is 1300. The summed E-state index contributed by atoms with van der Waals surface area (Å²) >= 11 is 12.0. The number of benzene rings is 3. The fourth-order valence-electron chi connectivity index (χ4n) is 3.13. The van der Waals surface area contributed by atoms with Crippen LogP contribution < -0.4 is 15.4 Å². The molecule has 198 valence electrons. The summed E-state index contributed by atoms with van der Waals surface area (Å²) in [7, 11) is 1.27. The van der Waals surface area contributed by atoms with Gasteiger partial charge in [0.15, 0.2) is 6.61 Å². The van der Waals surface area contributed by atoms with Crippen molar-refractivity contribution in [3.63, 3.8) is 0 Å². The monoisotopic (exact) mass is 558 g/mol. The minimum Gasteiger partial charge on any atom is -0.465 e. The number of rotatable bonds is 11. The van der Waals surface area contributed by atoms with Gasteiger partial charge in [-0.15, -0.1) is 0 Å². The van der Waals surface area contributed by atoms with Gasteiger partial charge in [-0.25, -0.2) is 4.79 Å². The Morgan fingerprint density at radius 1 is 0.789 bits per heavy atom. The Labute approximate surface area is 229 Å². The van der Waals surface area contributed by atoms with Crippen molar-refractivity contribution in [2.24, 2.45) is 0 Å². The van der Waals surface area contributed by atoms with E-state index in [4.69, 9.17) is 32.7 Å². The maximum absolute atomic E-state index is 12.2. The van der Waals surface area contributed by atoms with E-state index in [1.807, 2.05) is 0 Å². The number of hydrogen-bond donors (Lipinski definition) is 2. The van der Waals surface area contributed by atoms with Crippen LogP contribution in [0.2, 0.25) is 10.0 Å². The molecule has 2 amide bonds. The molecule has 2 N–H and O–H groups in total. The standard InChI is InChI=1S/C27H24Cl2N2O7/c1-36-27(35)17-5-8-19(9-6-17)31-25(33)16-37-26(34)4-2-3-24(32)30-20-10-12-21(13-11-20)38-23-14-7-18(28)15-22(23)29/h5-15H,2-4,16H2,1H3,(H,30,32)(H,31,33). The first-order valence-electron chi connectivity index (χ1n) is 11.4. The molecular weight excluding hydrogens is 535 g/mol. The van der Waals surface area contributed by atoms with Crippen LogP contribution in [-0.4, -0.2) is 37.5 Å². The van der Waals surface area contributed by atoms with Gasteiger partial charge in [0.05, 0.1) is 17.7 Å². The van der Waals surface area contributed by atoms with E-state index in [9.17, 15) is 19.2 Å². The zero-order valence-corrected chi connectivity index (χ0v) is 21.8. The highest BCUT2D eigenvalue weighted by Crippen LogP contribution is 2.32. The third kappa shape index (κ3) is 9.10. The van der Waals surface area contributed by atoms with E-state index in [0.29, 0.717) is 38.5 Å². The molecule has 11 heteroatoms. The highest BCUT2D eigenvalue weighted by atomic mass is 35.5. The number of halogens is 2. The zero-order valence-electron chi connectivity index (χ0n) is 20.3. The van der Waals surface area contributed by atoms with Crippen LogP contribution >= 0.6 is 23.2 Å². The Kier molecular flexibility index (Phi) is 10.5. The van der Waals surface area contributed by atoms with Crippen molar-refractivity contribution in [1.29, 1.82) is 0 Å². The molecule has 38 heavy (non-hydrogen) atoms. The van der Waals surface area contributed by atoms with E-state index in [-0.39, 0.29) is 25.2 Å². The number of amides is 2. The highest BCUT2D eigenvalue weighted by molar-refractivity contribution is 6.35. The molecule has 0 aliphatic rings. The van der Waals surface area contributed by atoms with Crippen LogP contribution in [0.4, 0.5) is 11.4 Å². The van der Waals surface area contributed by atoms with Crippen LogP contribution in [0.3, 0.4) is 0 Å². The lowest BCUT2D eigenvalue weighted by Gasteiger charge is -2.09. The quantitative estimate of drug-likeness (QED) is 0.282. The molecule has 0 atom stereocenters. The summed E-state index contributed by atoms with van der Waals surface area (Å²) in [6.07, 6.45) is 0.313. The topological polar surface area (TPSA) is 120 Å². The van der Waals surface area contributed by atoms with Crippen LogP contribution in [0.15, 0.2) is 66.7 Å². The molecule has 0 saturated heterocycles. The molecule has 0 aliphatic carbocycles. The van der Waals surface area contributed by atoms with Crippen molar-refractivity contribution in [3.8, 4) is 11.5 Å². The van der Waals surface area contributed by atoms with Crippen LogP contribution in [-0.2, 0) is 23.9 Å². The van der Waals surface area contributed by atoms with E-state index in [2.05, 4.69) is 15.4 Å². The number of methoxy groups -OCH3 is 1. The molecule has 0 bridgehead atoms. The van der Waals surface area contributed by atoms with Crippen LogP contribution in [0.5, 0.6) is 11.5 Å². The Balaban J connectivity index is 1.33. The number of esters is 2. The van der Waals surface area contributed by atoms with E-state index < -0.39 is 24.5 Å². The third-order valence-corrected chi connectivity index (χ3v) is 5.53. The van der Waals surface area contributed by atoms with Gasteiger partial charge in [0.25, 0.3) is 5.91 Å². The number of carbonyl (C=O) groups excluding carboxylic acids is 4. The van der Waals surface area contributed by atoms with Gasteiger partial charge in [-0.2, -0.15) is 0 Å². The van der Waals surface area contributed by atoms with Gasteiger partial charge in [0, 0.05) is 29.2 Å². The predicted octanol–water partition coefficient (Wildman–Crippen LogP) is 5.86. The first kappa shape index (κ1) is 28.5. The lowest BCUT2D eigenvalue weighted by Crippen LogP contribution is -2.21. The summed E-state index contributed by atoms with van der Waals surface area (Å²) in [5.74, 6) is -0.929. The molecule has 0 saturated carbocycles. The first-order chi connectivity index (χ1) is 18.2. The van der Waals surface area contributed by atoms with Gasteiger partial charge in [-0.3, -0.25) is 14.4 Å². The van der Waals surface area contributed by atoms with Crippen molar-refractivity contribution in [2.75, 3.05) is 24.4 Å². The smallest absolute Gasteiger partial charge is 0.337 e. The maximum Gasteiger partial charge on any atom is 0.337 e. The molecule has 3 aromatic carbocycles. The van der Waals surface area contributed by atoms with E-state index in [0.717, 1.165) is 0 Å². The number of carbonyl (C=O) groups is 4. The molecular formula is C27H24Cl2N2O7. The first-order valence-corrected chi connectivity index (χ1v) is 12.2. The molecule has 3 aromatic rings. The second-order valence-electron chi connectivity index (χ2n) is 7.88. The average molecular weight is 559 g/mol. The Morgan fingerprint density at radius 2 is 1.42 bits per heavy atom. The fourth-order valence-corrected chi connectivity index (χ4v) is 3.58. The molecule has 0 spiro atoms. The summed E-state index contributed by atoms with van der Waals surface area (Å²) in [5.41, 5.74) is 1.33. The minimum atomic E-state index is -0.601. The maximum atomic E-state index is 12.2. The van der Waals surface area contributed by atoms with E-state index >= 15 is 0 Å². The van der Waals surface area contributed by atoms with Crippen molar-refractivity contribution >= 4 is 58.3 Å². The Morgan fingerprint density at radius 3 is 2.05 bits per heavy atom. The summed E-state index contributed by atoms with van der Waals surface area (Å²) in [4.78, 5) is 47.5. The van der Waals surface area contributed by atoms with Crippen molar-refractivity contribution in [3.05, 3.63) is 82.3 Å². The lowest BCUT2D eigenvalue weighted by molar-refractivity contribution is -0.147. The summed E-state index contributed by atoms with van der Waals surface area (Å²) in [6, 6.07) is 17.6. The lowest BCUT2D eigenvalue weighted by atomic mass is 10.2. The molecule has 0 aliphatic heterocycles. The normalized spacial score (nSPS) is 10.3. The molecule has 9 nitrogen and oxygen atoms in total. The average Bonchev–Trinajstić information content (AvgIpc) is 2.90. The van der Waals surface area contributed by atoms with Crippen molar-refractivity contribution in [2.45, 2.75) is 19.3 Å². The van der Waals surface area contributed by atoms with Crippen LogP contribution in [0, 0.1) is 0 Å². The van der Waals surface area contributed by atoms with E-state index in [1.165, 1.54) is 31.4 Å². The van der Waals surface area contributed by atoms with Gasteiger partial charge in [-0.1, -0.05) is 23.2 Å². The second kappa shape index (κ2) is 14.0. The number of hydrogen-bond acceptors (Lipinski definition) is 7. The van der Waals surface area contributed by atoms with Gasteiger partial charge >= 0.3 is 11.9 Å². The second-order valence-corrected chi connectivity index (χ2v) is 8.72. The zero-order chi connectivity index (χ0) is 27.5. The summed E-state index contributed by atoms with van der Waals surface area (Å²) in [6.45, 7) is -0.473. The van der Waals surface area contributed by atoms with E-state index in [1.54, 1.807) is 42.5 Å². The molecule has 0 unspecified atom stereocenters. The summed E-state index contributed by atoms with van der Waals surface area (Å²) < 4.78 is 15.3. The molecule has 0 heterocycles. The fraction of sp³-hybridized carbons (Fsp3) is 0.185. The van der Waals surface area contributed by atoms with Crippen LogP contribution in [0.25, 0.3) is 0 Å². The van der Waals surface area contributed by atoms with Gasteiger partial charge in [-0.05, 0) is 73.2 Å². The molecule has 0 fully saturated rings. The van der Waals surface area contributed by atoms with Crippen molar-refractivity contribution < 1.29 is 33.4 Å². The number of nitrogens with one attached hydrogen (secondary N) is 2. The highest BCUT2D eigenvalue weighted by Gasteiger charge is 2.11. The number of ether oxygens (including phenoxy) is 3. The summed E-state index contributed by atoms with van der Waals surface area (Å²) in [5, 5.41) is 6.16. The largest absolute Gasteiger partial charge is 0.465 e. The van der Waals surface area contributed by atoms with Gasteiger partial charge in [0.2, 0.25) is 5.91 Å².